The fourth-order valence-corrected chi connectivity index (χ4v) is 1.99. The van der Waals surface area contributed by atoms with Gasteiger partial charge in [0.2, 0.25) is 0 Å². The largest absolute Gasteiger partial charge is 0.478 e. The van der Waals surface area contributed by atoms with Crippen molar-refractivity contribution in [3.8, 4) is 0 Å². The van der Waals surface area contributed by atoms with Gasteiger partial charge in [0.05, 0.1) is 11.1 Å². The van der Waals surface area contributed by atoms with Crippen molar-refractivity contribution in [2.45, 2.75) is 13.5 Å². The van der Waals surface area contributed by atoms with Gasteiger partial charge in [0.15, 0.2) is 0 Å². The standard InChI is InChI=1S/C16H16N2O3/c1-11-7-14(9-17-8-11)15(19)18(2)10-12-3-5-13(6-4-12)16(20)21/h3-9H,10H2,1-2H3,(H,20,21). The zero-order valence-corrected chi connectivity index (χ0v) is 11.9. The third-order valence-electron chi connectivity index (χ3n) is 3.09. The van der Waals surface area contributed by atoms with Gasteiger partial charge >= 0.3 is 5.97 Å². The van der Waals surface area contributed by atoms with Crippen molar-refractivity contribution in [2.75, 3.05) is 7.05 Å². The van der Waals surface area contributed by atoms with Crippen LogP contribution < -0.4 is 0 Å². The summed E-state index contributed by atoms with van der Waals surface area (Å²) in [5, 5.41) is 8.85. The van der Waals surface area contributed by atoms with E-state index < -0.39 is 5.97 Å². The average Bonchev–Trinajstić information content (AvgIpc) is 2.47. The summed E-state index contributed by atoms with van der Waals surface area (Å²) in [6, 6.07) is 8.28. The van der Waals surface area contributed by atoms with Crippen molar-refractivity contribution < 1.29 is 14.7 Å². The first kappa shape index (κ1) is 14.7. The summed E-state index contributed by atoms with van der Waals surface area (Å²) in [6.45, 7) is 2.29. The second-order valence-corrected chi connectivity index (χ2v) is 4.91. The van der Waals surface area contributed by atoms with E-state index >= 15 is 0 Å². The minimum absolute atomic E-state index is 0.117. The van der Waals surface area contributed by atoms with E-state index in [9.17, 15) is 9.59 Å². The number of amides is 1. The van der Waals surface area contributed by atoms with E-state index in [2.05, 4.69) is 4.98 Å². The van der Waals surface area contributed by atoms with Crippen molar-refractivity contribution in [1.82, 2.24) is 9.88 Å². The molecular formula is C16H16N2O3. The first-order valence-corrected chi connectivity index (χ1v) is 6.46. The summed E-state index contributed by atoms with van der Waals surface area (Å²) >= 11 is 0. The van der Waals surface area contributed by atoms with Crippen LogP contribution in [0.25, 0.3) is 0 Å². The predicted octanol–water partition coefficient (Wildman–Crippen LogP) is 2.36. The highest BCUT2D eigenvalue weighted by atomic mass is 16.4. The molecule has 0 bridgehead atoms. The lowest BCUT2D eigenvalue weighted by atomic mass is 10.1. The monoisotopic (exact) mass is 284 g/mol. The van der Waals surface area contributed by atoms with Crippen LogP contribution in [0.2, 0.25) is 0 Å². The normalized spacial score (nSPS) is 10.2. The van der Waals surface area contributed by atoms with Gasteiger partial charge in [-0.1, -0.05) is 12.1 Å². The van der Waals surface area contributed by atoms with Crippen molar-refractivity contribution in [2.24, 2.45) is 0 Å². The summed E-state index contributed by atoms with van der Waals surface area (Å²) in [5.41, 5.74) is 2.58. The van der Waals surface area contributed by atoms with Gasteiger partial charge in [0.25, 0.3) is 5.91 Å². The SMILES string of the molecule is Cc1cncc(C(=O)N(C)Cc2ccc(C(=O)O)cc2)c1. The maximum Gasteiger partial charge on any atom is 0.335 e. The first-order valence-electron chi connectivity index (χ1n) is 6.46. The summed E-state index contributed by atoms with van der Waals surface area (Å²) < 4.78 is 0. The van der Waals surface area contributed by atoms with Gasteiger partial charge < -0.3 is 10.0 Å². The fourth-order valence-electron chi connectivity index (χ4n) is 1.99. The molecule has 1 heterocycles. The number of hydrogen-bond acceptors (Lipinski definition) is 3. The number of aromatic carboxylic acids is 1. The topological polar surface area (TPSA) is 70.5 Å². The second kappa shape index (κ2) is 6.17. The highest BCUT2D eigenvalue weighted by Gasteiger charge is 2.13. The zero-order valence-electron chi connectivity index (χ0n) is 11.9. The average molecular weight is 284 g/mol. The highest BCUT2D eigenvalue weighted by molar-refractivity contribution is 5.93. The minimum Gasteiger partial charge on any atom is -0.478 e. The molecule has 0 saturated carbocycles. The maximum absolute atomic E-state index is 12.3. The molecule has 0 radical (unpaired) electrons. The number of carboxylic acids is 1. The Balaban J connectivity index is 2.08. The minimum atomic E-state index is -0.961. The smallest absolute Gasteiger partial charge is 0.335 e. The number of pyridine rings is 1. The molecule has 2 aromatic rings. The van der Waals surface area contributed by atoms with Crippen molar-refractivity contribution in [3.63, 3.8) is 0 Å². The van der Waals surface area contributed by atoms with E-state index in [1.807, 2.05) is 6.92 Å². The van der Waals surface area contributed by atoms with Gasteiger partial charge in [-0.3, -0.25) is 9.78 Å². The predicted molar refractivity (Wildman–Crippen MR) is 78.2 cm³/mol. The number of rotatable bonds is 4. The molecule has 0 fully saturated rings. The Bertz CT molecular complexity index is 665. The first-order chi connectivity index (χ1) is 9.97. The van der Waals surface area contributed by atoms with E-state index in [1.165, 1.54) is 12.1 Å². The van der Waals surface area contributed by atoms with Gasteiger partial charge in [0.1, 0.15) is 0 Å². The van der Waals surface area contributed by atoms with Crippen LogP contribution in [0.1, 0.15) is 31.8 Å². The lowest BCUT2D eigenvalue weighted by Gasteiger charge is -2.17. The Kier molecular flexibility index (Phi) is 4.33. The van der Waals surface area contributed by atoms with Gasteiger partial charge in [-0.25, -0.2) is 4.79 Å². The van der Waals surface area contributed by atoms with Gasteiger partial charge in [-0.15, -0.1) is 0 Å². The second-order valence-electron chi connectivity index (χ2n) is 4.91. The van der Waals surface area contributed by atoms with E-state index in [1.54, 1.807) is 42.5 Å². The third-order valence-corrected chi connectivity index (χ3v) is 3.09. The Morgan fingerprint density at radius 2 is 1.81 bits per heavy atom. The van der Waals surface area contributed by atoms with Gasteiger partial charge in [-0.05, 0) is 36.2 Å². The molecule has 0 atom stereocenters. The maximum atomic E-state index is 12.3. The molecule has 0 aliphatic rings. The lowest BCUT2D eigenvalue weighted by molar-refractivity contribution is 0.0695. The van der Waals surface area contributed by atoms with Crippen molar-refractivity contribution in [3.05, 3.63) is 65.0 Å². The van der Waals surface area contributed by atoms with Crippen LogP contribution >= 0.6 is 0 Å². The Hall–Kier alpha value is -2.69. The molecule has 1 N–H and O–H groups in total. The Labute approximate surface area is 122 Å². The van der Waals surface area contributed by atoms with Crippen LogP contribution in [-0.2, 0) is 6.54 Å². The van der Waals surface area contributed by atoms with E-state index in [-0.39, 0.29) is 11.5 Å². The van der Waals surface area contributed by atoms with Crippen molar-refractivity contribution >= 4 is 11.9 Å². The number of carbonyl (C=O) groups is 2. The van der Waals surface area contributed by atoms with E-state index in [4.69, 9.17) is 5.11 Å². The molecule has 0 spiro atoms. The van der Waals surface area contributed by atoms with Gasteiger partial charge in [-0.2, -0.15) is 0 Å². The number of hydrogen-bond donors (Lipinski definition) is 1. The summed E-state index contributed by atoms with van der Waals surface area (Å²) in [5.74, 6) is -1.08. The van der Waals surface area contributed by atoms with Gasteiger partial charge in [0, 0.05) is 26.0 Å². The molecule has 5 nitrogen and oxygen atoms in total. The number of aryl methyl sites for hydroxylation is 1. The summed E-state index contributed by atoms with van der Waals surface area (Å²) in [7, 11) is 1.70. The van der Waals surface area contributed by atoms with Crippen LogP contribution in [0.3, 0.4) is 0 Å². The molecule has 21 heavy (non-hydrogen) atoms. The molecule has 1 amide bonds. The molecule has 0 saturated heterocycles. The molecule has 108 valence electrons. The fraction of sp³-hybridized carbons (Fsp3) is 0.188. The molecule has 1 aromatic carbocycles. The van der Waals surface area contributed by atoms with Crippen LogP contribution in [0.4, 0.5) is 0 Å². The summed E-state index contributed by atoms with van der Waals surface area (Å²) in [6.07, 6.45) is 3.24. The van der Waals surface area contributed by atoms with Crippen molar-refractivity contribution in [1.29, 1.82) is 0 Å². The molecular weight excluding hydrogens is 268 g/mol. The molecule has 0 unspecified atom stereocenters. The third kappa shape index (κ3) is 3.66. The molecule has 0 aliphatic carbocycles. The number of carbonyl (C=O) groups excluding carboxylic acids is 1. The molecule has 2 rings (SSSR count). The molecule has 1 aromatic heterocycles. The van der Waals surface area contributed by atoms with E-state index in [0.717, 1.165) is 11.1 Å². The van der Waals surface area contributed by atoms with E-state index in [0.29, 0.717) is 12.1 Å². The quantitative estimate of drug-likeness (QED) is 0.935. The lowest BCUT2D eigenvalue weighted by Crippen LogP contribution is -2.26. The number of nitrogens with zero attached hydrogens (tertiary/aromatic N) is 2. The van der Waals surface area contributed by atoms with Crippen LogP contribution in [-0.4, -0.2) is 33.9 Å². The zero-order chi connectivity index (χ0) is 15.4. The van der Waals surface area contributed by atoms with Crippen LogP contribution in [0, 0.1) is 6.92 Å². The molecule has 0 aliphatic heterocycles. The Morgan fingerprint density at radius 3 is 2.38 bits per heavy atom. The van der Waals surface area contributed by atoms with Crippen LogP contribution in [0.15, 0.2) is 42.7 Å². The Morgan fingerprint density at radius 1 is 1.14 bits per heavy atom. The molecule has 5 heteroatoms. The summed E-state index contributed by atoms with van der Waals surface area (Å²) in [4.78, 5) is 28.6. The number of benzene rings is 1. The number of carboxylic acid groups (broad SMARTS) is 1. The number of aromatic nitrogens is 1. The van der Waals surface area contributed by atoms with Crippen LogP contribution in [0.5, 0.6) is 0 Å². The highest BCUT2D eigenvalue weighted by Crippen LogP contribution is 2.10.